The van der Waals surface area contributed by atoms with Crippen molar-refractivity contribution >= 4 is 31.9 Å². The average Bonchev–Trinajstić information content (AvgIpc) is 2.54. The summed E-state index contributed by atoms with van der Waals surface area (Å²) >= 11 is 6.83. The first kappa shape index (κ1) is 19.4. The molecule has 22 heavy (non-hydrogen) atoms. The molecule has 0 aliphatic rings. The number of halogens is 2. The maximum atomic E-state index is 3.41. The lowest BCUT2D eigenvalue weighted by atomic mass is 10.1. The summed E-state index contributed by atoms with van der Waals surface area (Å²) in [5.41, 5.74) is 2.88. The van der Waals surface area contributed by atoms with Crippen LogP contribution in [0.5, 0.6) is 0 Å². The van der Waals surface area contributed by atoms with Crippen molar-refractivity contribution in [1.82, 2.24) is 0 Å². The summed E-state index contributed by atoms with van der Waals surface area (Å²) in [6.45, 7) is 4.44. The monoisotopic (exact) mass is 424 g/mol. The minimum Gasteiger partial charge on any atom is -0.0654 e. The van der Waals surface area contributed by atoms with Crippen LogP contribution in [-0.2, 0) is 12.8 Å². The highest BCUT2D eigenvalue weighted by Crippen LogP contribution is 2.12. The molecule has 0 unspecified atom stereocenters. The number of rotatable bonds is 6. The van der Waals surface area contributed by atoms with Crippen LogP contribution in [-0.4, -0.2) is 0 Å². The Morgan fingerprint density at radius 3 is 1.18 bits per heavy atom. The Hall–Kier alpha value is -0.600. The van der Waals surface area contributed by atoms with Crippen LogP contribution in [0.15, 0.2) is 57.5 Å². The molecule has 0 N–H and O–H groups in total. The summed E-state index contributed by atoms with van der Waals surface area (Å²) in [6, 6.07) is 17.1. The van der Waals surface area contributed by atoms with Gasteiger partial charge in [0, 0.05) is 8.95 Å². The number of unbranched alkanes of at least 4 members (excludes halogenated alkanes) is 2. The second kappa shape index (κ2) is 11.9. The number of benzene rings is 2. The van der Waals surface area contributed by atoms with Crippen LogP contribution in [0.1, 0.15) is 50.7 Å². The second-order valence-corrected chi connectivity index (χ2v) is 7.29. The van der Waals surface area contributed by atoms with Gasteiger partial charge in [-0.1, -0.05) is 82.8 Å². The lowest BCUT2D eigenvalue weighted by Gasteiger charge is -1.98. The van der Waals surface area contributed by atoms with Crippen molar-refractivity contribution in [2.24, 2.45) is 0 Å². The highest BCUT2D eigenvalue weighted by Gasteiger charge is 1.91. The Balaban J connectivity index is 0.000000220. The molecule has 2 aromatic rings. The molecule has 0 fully saturated rings. The van der Waals surface area contributed by atoms with Crippen LogP contribution in [0.4, 0.5) is 0 Å². The lowest BCUT2D eigenvalue weighted by Crippen LogP contribution is -1.82. The van der Waals surface area contributed by atoms with Crippen molar-refractivity contribution in [3.63, 3.8) is 0 Å². The zero-order valence-corrected chi connectivity index (χ0v) is 16.8. The number of aryl methyl sites for hydroxylation is 2. The maximum absolute atomic E-state index is 3.41. The van der Waals surface area contributed by atoms with Crippen LogP contribution in [0, 0.1) is 0 Å². The quantitative estimate of drug-likeness (QED) is 0.447. The van der Waals surface area contributed by atoms with Gasteiger partial charge in [-0.15, -0.1) is 0 Å². The Kier molecular flexibility index (Phi) is 10.5. The first-order valence-corrected chi connectivity index (χ1v) is 9.73. The van der Waals surface area contributed by atoms with Gasteiger partial charge >= 0.3 is 0 Å². The summed E-state index contributed by atoms with van der Waals surface area (Å²) in [4.78, 5) is 0. The van der Waals surface area contributed by atoms with Gasteiger partial charge in [0.15, 0.2) is 0 Å². The van der Waals surface area contributed by atoms with E-state index in [0.717, 1.165) is 8.95 Å². The normalized spacial score (nSPS) is 10.0. The Labute approximate surface area is 152 Å². The largest absolute Gasteiger partial charge is 0.0654 e. The minimum absolute atomic E-state index is 1.16. The van der Waals surface area contributed by atoms with Gasteiger partial charge in [-0.25, -0.2) is 0 Å². The molecule has 2 aromatic carbocycles. The van der Waals surface area contributed by atoms with Gasteiger partial charge in [0.25, 0.3) is 0 Å². The van der Waals surface area contributed by atoms with Crippen molar-refractivity contribution in [2.75, 3.05) is 0 Å². The van der Waals surface area contributed by atoms with Crippen LogP contribution in [0.2, 0.25) is 0 Å². The zero-order valence-electron chi connectivity index (χ0n) is 13.6. The molecule has 0 amide bonds. The summed E-state index contributed by atoms with van der Waals surface area (Å²) in [5, 5.41) is 0. The molecule has 0 spiro atoms. The SMILES string of the molecule is CCCCc1ccc(Br)cc1.CCCCc1ccc(Br)cc1. The van der Waals surface area contributed by atoms with Crippen molar-refractivity contribution in [1.29, 1.82) is 0 Å². The van der Waals surface area contributed by atoms with Crippen molar-refractivity contribution in [2.45, 2.75) is 52.4 Å². The molecular formula is C20H26Br2. The smallest absolute Gasteiger partial charge is 0.0175 e. The van der Waals surface area contributed by atoms with E-state index < -0.39 is 0 Å². The van der Waals surface area contributed by atoms with E-state index in [0.29, 0.717) is 0 Å². The summed E-state index contributed by atoms with van der Waals surface area (Å²) in [7, 11) is 0. The van der Waals surface area contributed by atoms with Crippen LogP contribution in [0.25, 0.3) is 0 Å². The molecule has 0 saturated heterocycles. The van der Waals surface area contributed by atoms with E-state index in [1.807, 2.05) is 0 Å². The van der Waals surface area contributed by atoms with Gasteiger partial charge < -0.3 is 0 Å². The second-order valence-electron chi connectivity index (χ2n) is 5.46. The van der Waals surface area contributed by atoms with Gasteiger partial charge in [0.1, 0.15) is 0 Å². The van der Waals surface area contributed by atoms with Crippen molar-refractivity contribution < 1.29 is 0 Å². The molecule has 0 aromatic heterocycles. The first-order valence-electron chi connectivity index (χ1n) is 8.14. The van der Waals surface area contributed by atoms with Gasteiger partial charge in [-0.05, 0) is 61.1 Å². The van der Waals surface area contributed by atoms with Gasteiger partial charge in [0.05, 0.1) is 0 Å². The third-order valence-electron chi connectivity index (χ3n) is 3.46. The van der Waals surface area contributed by atoms with E-state index in [2.05, 4.69) is 94.2 Å². The molecule has 0 bridgehead atoms. The highest BCUT2D eigenvalue weighted by molar-refractivity contribution is 9.10. The standard InChI is InChI=1S/2C10H13Br/c2*1-2-3-4-9-5-7-10(11)8-6-9/h2*5-8H,2-4H2,1H3. The Bertz CT molecular complexity index is 451. The number of hydrogen-bond acceptors (Lipinski definition) is 0. The topological polar surface area (TPSA) is 0 Å². The van der Waals surface area contributed by atoms with Gasteiger partial charge in [-0.3, -0.25) is 0 Å². The van der Waals surface area contributed by atoms with Gasteiger partial charge in [-0.2, -0.15) is 0 Å². The van der Waals surface area contributed by atoms with Crippen molar-refractivity contribution in [3.05, 3.63) is 68.6 Å². The summed E-state index contributed by atoms with van der Waals surface area (Å²) in [5.74, 6) is 0. The molecule has 0 heterocycles. The molecule has 0 atom stereocenters. The molecule has 120 valence electrons. The first-order chi connectivity index (χ1) is 10.7. The summed E-state index contributed by atoms with van der Waals surface area (Å²) < 4.78 is 2.33. The minimum atomic E-state index is 1.16. The third kappa shape index (κ3) is 8.75. The number of hydrogen-bond donors (Lipinski definition) is 0. The Morgan fingerprint density at radius 2 is 0.909 bits per heavy atom. The highest BCUT2D eigenvalue weighted by atomic mass is 79.9. The molecular weight excluding hydrogens is 400 g/mol. The fraction of sp³-hybridized carbons (Fsp3) is 0.400. The Morgan fingerprint density at radius 1 is 0.591 bits per heavy atom. The van der Waals surface area contributed by atoms with E-state index in [9.17, 15) is 0 Å². The van der Waals surface area contributed by atoms with E-state index in [-0.39, 0.29) is 0 Å². The fourth-order valence-corrected chi connectivity index (χ4v) is 2.59. The predicted molar refractivity (Wildman–Crippen MR) is 106 cm³/mol. The van der Waals surface area contributed by atoms with E-state index in [1.54, 1.807) is 0 Å². The molecule has 0 radical (unpaired) electrons. The molecule has 2 heteroatoms. The van der Waals surface area contributed by atoms with E-state index >= 15 is 0 Å². The average molecular weight is 426 g/mol. The predicted octanol–water partition coefficient (Wildman–Crippen LogP) is 7.58. The van der Waals surface area contributed by atoms with E-state index in [4.69, 9.17) is 0 Å². The van der Waals surface area contributed by atoms with Gasteiger partial charge in [0.2, 0.25) is 0 Å². The molecule has 0 nitrogen and oxygen atoms in total. The van der Waals surface area contributed by atoms with Crippen molar-refractivity contribution in [3.8, 4) is 0 Å². The molecule has 0 aliphatic carbocycles. The zero-order chi connectivity index (χ0) is 16.2. The molecule has 2 rings (SSSR count). The third-order valence-corrected chi connectivity index (χ3v) is 4.52. The van der Waals surface area contributed by atoms with Crippen LogP contribution in [0.3, 0.4) is 0 Å². The van der Waals surface area contributed by atoms with Crippen LogP contribution < -0.4 is 0 Å². The summed E-state index contributed by atoms with van der Waals surface area (Å²) in [6.07, 6.45) is 7.56. The van der Waals surface area contributed by atoms with E-state index in [1.165, 1.54) is 49.7 Å². The fourth-order valence-electron chi connectivity index (χ4n) is 2.06. The maximum Gasteiger partial charge on any atom is 0.0175 e. The molecule has 0 aliphatic heterocycles. The molecule has 0 saturated carbocycles. The van der Waals surface area contributed by atoms with Crippen LogP contribution >= 0.6 is 31.9 Å². The lowest BCUT2D eigenvalue weighted by molar-refractivity contribution is 0.795.